The van der Waals surface area contributed by atoms with E-state index in [9.17, 15) is 9.59 Å². The number of ketones is 1. The zero-order valence-corrected chi connectivity index (χ0v) is 18.8. The number of benzene rings is 2. The van der Waals surface area contributed by atoms with E-state index in [0.29, 0.717) is 32.2 Å². The first-order valence-corrected chi connectivity index (χ1v) is 11.2. The highest BCUT2D eigenvalue weighted by atomic mass is 32.2. The summed E-state index contributed by atoms with van der Waals surface area (Å²) in [6, 6.07) is 9.28. The molecule has 0 saturated heterocycles. The highest BCUT2D eigenvalue weighted by Crippen LogP contribution is 2.37. The van der Waals surface area contributed by atoms with Crippen LogP contribution in [0.15, 0.2) is 34.7 Å². The van der Waals surface area contributed by atoms with Crippen LogP contribution in [-0.4, -0.2) is 34.4 Å². The zero-order chi connectivity index (χ0) is 22.0. The lowest BCUT2D eigenvalue weighted by Gasteiger charge is -2.10. The molecule has 3 aromatic rings. The standard InChI is InChI=1S/C21H20N4O4S2/c1-11-4-5-14(6-12(11)2)22-20-24-25-21(31-20)30-9-19(27)23-16-8-18-17(28-10-29-18)7-15(16)13(3)26/h4-8H,9-10H2,1-3H3,(H,22,24)(H,23,27). The molecule has 2 aromatic carbocycles. The maximum atomic E-state index is 12.5. The molecule has 0 unspecified atom stereocenters. The third-order valence-corrected chi connectivity index (χ3v) is 6.63. The zero-order valence-electron chi connectivity index (χ0n) is 17.1. The summed E-state index contributed by atoms with van der Waals surface area (Å²) in [5, 5.41) is 14.9. The summed E-state index contributed by atoms with van der Waals surface area (Å²) in [5.41, 5.74) is 4.12. The number of anilines is 3. The Balaban J connectivity index is 1.36. The van der Waals surface area contributed by atoms with E-state index in [0.717, 1.165) is 5.69 Å². The Labute approximate surface area is 187 Å². The first kappa shape index (κ1) is 21.1. The van der Waals surface area contributed by atoms with E-state index in [1.54, 1.807) is 12.1 Å². The van der Waals surface area contributed by atoms with Crippen LogP contribution in [0.3, 0.4) is 0 Å². The van der Waals surface area contributed by atoms with Gasteiger partial charge in [0, 0.05) is 17.3 Å². The molecule has 10 heteroatoms. The Morgan fingerprint density at radius 2 is 1.87 bits per heavy atom. The molecule has 1 amide bonds. The lowest BCUT2D eigenvalue weighted by atomic mass is 10.1. The monoisotopic (exact) mass is 456 g/mol. The van der Waals surface area contributed by atoms with Gasteiger partial charge in [-0.2, -0.15) is 0 Å². The fraction of sp³-hybridized carbons (Fsp3) is 0.238. The average molecular weight is 457 g/mol. The SMILES string of the molecule is CC(=O)c1cc2c(cc1NC(=O)CSc1nnc(Nc3ccc(C)c(C)c3)s1)OCO2. The molecule has 0 saturated carbocycles. The molecule has 31 heavy (non-hydrogen) atoms. The Hall–Kier alpha value is -3.11. The summed E-state index contributed by atoms with van der Waals surface area (Å²) in [4.78, 5) is 24.4. The number of aryl methyl sites for hydroxylation is 2. The Morgan fingerprint density at radius 3 is 2.61 bits per heavy atom. The molecule has 1 aromatic heterocycles. The van der Waals surface area contributed by atoms with Crippen molar-refractivity contribution in [3.8, 4) is 11.5 Å². The summed E-state index contributed by atoms with van der Waals surface area (Å²) >= 11 is 2.65. The fourth-order valence-corrected chi connectivity index (χ4v) is 4.48. The van der Waals surface area contributed by atoms with Crippen molar-refractivity contribution < 1.29 is 19.1 Å². The van der Waals surface area contributed by atoms with Gasteiger partial charge in [0.1, 0.15) is 0 Å². The second-order valence-corrected chi connectivity index (χ2v) is 9.14. The Morgan fingerprint density at radius 1 is 1.10 bits per heavy atom. The van der Waals surface area contributed by atoms with Gasteiger partial charge in [-0.25, -0.2) is 0 Å². The number of aromatic nitrogens is 2. The molecule has 8 nitrogen and oxygen atoms in total. The van der Waals surface area contributed by atoms with Crippen molar-refractivity contribution in [2.75, 3.05) is 23.2 Å². The van der Waals surface area contributed by atoms with E-state index in [2.05, 4.69) is 40.7 Å². The van der Waals surface area contributed by atoms with Gasteiger partial charge >= 0.3 is 0 Å². The van der Waals surface area contributed by atoms with Crippen LogP contribution in [0, 0.1) is 13.8 Å². The van der Waals surface area contributed by atoms with E-state index in [-0.39, 0.29) is 24.2 Å². The summed E-state index contributed by atoms with van der Waals surface area (Å²) in [6.45, 7) is 5.65. The van der Waals surface area contributed by atoms with Gasteiger partial charge in [0.2, 0.25) is 17.8 Å². The van der Waals surface area contributed by atoms with Crippen LogP contribution < -0.4 is 20.1 Å². The van der Waals surface area contributed by atoms with Crippen molar-refractivity contribution >= 4 is 51.3 Å². The molecular formula is C21H20N4O4S2. The van der Waals surface area contributed by atoms with Crippen LogP contribution in [0.2, 0.25) is 0 Å². The van der Waals surface area contributed by atoms with Crippen molar-refractivity contribution in [1.29, 1.82) is 0 Å². The predicted molar refractivity (Wildman–Crippen MR) is 121 cm³/mol. The normalized spacial score (nSPS) is 12.0. The van der Waals surface area contributed by atoms with Crippen LogP contribution in [-0.2, 0) is 4.79 Å². The molecule has 0 fully saturated rings. The molecule has 2 N–H and O–H groups in total. The summed E-state index contributed by atoms with van der Waals surface area (Å²) < 4.78 is 11.3. The number of Topliss-reactive ketones (excluding diaryl/α,β-unsaturated/α-hetero) is 1. The van der Waals surface area contributed by atoms with Crippen LogP contribution >= 0.6 is 23.1 Å². The number of hydrogen-bond donors (Lipinski definition) is 2. The molecule has 1 aliphatic rings. The lowest BCUT2D eigenvalue weighted by molar-refractivity contribution is -0.113. The topological polar surface area (TPSA) is 102 Å². The average Bonchev–Trinajstić information content (AvgIpc) is 3.37. The number of carbonyl (C=O) groups is 2. The number of hydrogen-bond acceptors (Lipinski definition) is 9. The van der Waals surface area contributed by atoms with Crippen molar-refractivity contribution in [3.63, 3.8) is 0 Å². The molecule has 4 rings (SSSR count). The van der Waals surface area contributed by atoms with E-state index in [4.69, 9.17) is 9.47 Å². The van der Waals surface area contributed by atoms with Crippen LogP contribution in [0.25, 0.3) is 0 Å². The molecule has 0 spiro atoms. The van der Waals surface area contributed by atoms with Gasteiger partial charge in [-0.05, 0) is 50.1 Å². The number of ether oxygens (including phenoxy) is 2. The minimum atomic E-state index is -0.259. The van der Waals surface area contributed by atoms with Crippen LogP contribution in [0.5, 0.6) is 11.5 Å². The number of amides is 1. The summed E-state index contributed by atoms with van der Waals surface area (Å²) in [5.74, 6) is 0.691. The van der Waals surface area contributed by atoms with Crippen molar-refractivity contribution in [1.82, 2.24) is 10.2 Å². The second kappa shape index (κ2) is 8.94. The number of rotatable bonds is 7. The first-order chi connectivity index (χ1) is 14.9. The maximum absolute atomic E-state index is 12.5. The molecule has 2 heterocycles. The van der Waals surface area contributed by atoms with E-state index in [1.165, 1.54) is 41.1 Å². The number of nitrogens with zero attached hydrogens (tertiary/aromatic N) is 2. The molecule has 1 aliphatic heterocycles. The highest BCUT2D eigenvalue weighted by molar-refractivity contribution is 8.01. The largest absolute Gasteiger partial charge is 0.454 e. The predicted octanol–water partition coefficient (Wildman–Crippen LogP) is 4.56. The van der Waals surface area contributed by atoms with Crippen LogP contribution in [0.1, 0.15) is 28.4 Å². The quantitative estimate of drug-likeness (QED) is 0.394. The fourth-order valence-electron chi connectivity index (χ4n) is 2.91. The van der Waals surface area contributed by atoms with Crippen molar-refractivity contribution in [2.45, 2.75) is 25.1 Å². The van der Waals surface area contributed by atoms with Gasteiger partial charge < -0.3 is 20.1 Å². The first-order valence-electron chi connectivity index (χ1n) is 9.44. The van der Waals surface area contributed by atoms with Gasteiger partial charge in [0.25, 0.3) is 0 Å². The van der Waals surface area contributed by atoms with E-state index < -0.39 is 0 Å². The Bertz CT molecular complexity index is 1160. The number of carbonyl (C=O) groups excluding carboxylic acids is 2. The summed E-state index contributed by atoms with van der Waals surface area (Å²) in [7, 11) is 0. The van der Waals surface area contributed by atoms with Crippen molar-refractivity contribution in [3.05, 3.63) is 47.0 Å². The minimum absolute atomic E-state index is 0.0928. The molecular weight excluding hydrogens is 436 g/mol. The lowest BCUT2D eigenvalue weighted by Crippen LogP contribution is -2.16. The number of fused-ring (bicyclic) bond motifs is 1. The molecule has 160 valence electrons. The van der Waals surface area contributed by atoms with E-state index >= 15 is 0 Å². The second-order valence-electron chi connectivity index (χ2n) is 6.94. The number of thioether (sulfide) groups is 1. The maximum Gasteiger partial charge on any atom is 0.234 e. The molecule has 0 bridgehead atoms. The van der Waals surface area contributed by atoms with Gasteiger partial charge in [-0.15, -0.1) is 10.2 Å². The van der Waals surface area contributed by atoms with E-state index in [1.807, 2.05) is 12.1 Å². The van der Waals surface area contributed by atoms with Gasteiger partial charge in [-0.3, -0.25) is 9.59 Å². The smallest absolute Gasteiger partial charge is 0.234 e. The van der Waals surface area contributed by atoms with Gasteiger partial charge in [0.05, 0.1) is 11.4 Å². The third kappa shape index (κ3) is 4.97. The number of nitrogens with one attached hydrogen (secondary N) is 2. The third-order valence-electron chi connectivity index (χ3n) is 4.66. The highest BCUT2D eigenvalue weighted by Gasteiger charge is 2.20. The van der Waals surface area contributed by atoms with Gasteiger partial charge in [-0.1, -0.05) is 29.2 Å². The Kier molecular flexibility index (Phi) is 6.10. The molecule has 0 atom stereocenters. The van der Waals surface area contributed by atoms with Crippen molar-refractivity contribution in [2.24, 2.45) is 0 Å². The van der Waals surface area contributed by atoms with Gasteiger partial charge in [0.15, 0.2) is 21.6 Å². The molecule has 0 aliphatic carbocycles. The molecule has 0 radical (unpaired) electrons. The van der Waals surface area contributed by atoms with Crippen LogP contribution in [0.4, 0.5) is 16.5 Å². The minimum Gasteiger partial charge on any atom is -0.454 e. The summed E-state index contributed by atoms with van der Waals surface area (Å²) in [6.07, 6.45) is 0.